The van der Waals surface area contributed by atoms with Gasteiger partial charge in [-0.15, -0.1) is 0 Å². The molecule has 1 aliphatic heterocycles. The molecule has 1 amide bonds. The van der Waals surface area contributed by atoms with E-state index in [2.05, 4.69) is 113 Å². The van der Waals surface area contributed by atoms with E-state index in [4.69, 9.17) is 0 Å². The van der Waals surface area contributed by atoms with E-state index in [1.54, 1.807) is 0 Å². The van der Waals surface area contributed by atoms with Gasteiger partial charge in [0, 0.05) is 63.0 Å². The van der Waals surface area contributed by atoms with E-state index in [0.717, 1.165) is 63.5 Å². The standard InChI is InChI=1S/C32H34N2O.C4H10N2/c1-3-34(4-2)32(35)29-20-18-25(19-21-29)22-26-12-11-17-30(23-26)33-24-31(27-13-7-5-8-14-27)28-15-9-6-10-16-28;1-2-6-4-3-5-1/h5-21,23,31,33H,3-4,22,24H2,1-2H3;5-6H,1-4H2. The molecule has 1 aliphatic rings. The summed E-state index contributed by atoms with van der Waals surface area (Å²) in [6.45, 7) is 10.9. The maximum absolute atomic E-state index is 12.6. The second kappa shape index (κ2) is 16.4. The van der Waals surface area contributed by atoms with Gasteiger partial charge in [-0.25, -0.2) is 0 Å². The highest BCUT2D eigenvalue weighted by Crippen LogP contribution is 2.25. The molecule has 0 unspecified atom stereocenters. The molecule has 0 aromatic heterocycles. The monoisotopic (exact) mass is 548 g/mol. The van der Waals surface area contributed by atoms with Crippen molar-refractivity contribution < 1.29 is 4.79 Å². The van der Waals surface area contributed by atoms with Crippen molar-refractivity contribution in [2.45, 2.75) is 26.2 Å². The Morgan fingerprint density at radius 2 is 1.27 bits per heavy atom. The number of hydrogen-bond acceptors (Lipinski definition) is 4. The van der Waals surface area contributed by atoms with Gasteiger partial charge in [-0.05, 0) is 66.8 Å². The van der Waals surface area contributed by atoms with Gasteiger partial charge in [0.05, 0.1) is 0 Å². The number of carbonyl (C=O) groups is 1. The van der Waals surface area contributed by atoms with Crippen LogP contribution in [0.25, 0.3) is 0 Å². The van der Waals surface area contributed by atoms with Crippen molar-refractivity contribution in [3.8, 4) is 0 Å². The summed E-state index contributed by atoms with van der Waals surface area (Å²) >= 11 is 0. The molecule has 1 fully saturated rings. The highest BCUT2D eigenvalue weighted by molar-refractivity contribution is 5.94. The third-order valence-electron chi connectivity index (χ3n) is 7.46. The molecule has 0 saturated carbocycles. The van der Waals surface area contributed by atoms with Crippen LogP contribution in [0.4, 0.5) is 5.69 Å². The average molecular weight is 549 g/mol. The van der Waals surface area contributed by atoms with Crippen LogP contribution in [0, 0.1) is 0 Å². The topological polar surface area (TPSA) is 56.4 Å². The molecule has 4 aromatic carbocycles. The Morgan fingerprint density at radius 3 is 1.78 bits per heavy atom. The molecule has 1 heterocycles. The van der Waals surface area contributed by atoms with Crippen LogP contribution in [0.2, 0.25) is 0 Å². The van der Waals surface area contributed by atoms with Crippen LogP contribution in [-0.2, 0) is 6.42 Å². The molecule has 0 bridgehead atoms. The van der Waals surface area contributed by atoms with Gasteiger partial charge >= 0.3 is 0 Å². The van der Waals surface area contributed by atoms with Crippen molar-refractivity contribution in [3.05, 3.63) is 137 Å². The van der Waals surface area contributed by atoms with Crippen LogP contribution in [-0.4, -0.2) is 56.6 Å². The SMILES string of the molecule is C1CNCCN1.CCN(CC)C(=O)c1ccc(Cc2cccc(NCC(c3ccccc3)c3ccccc3)c2)cc1. The van der Waals surface area contributed by atoms with Crippen molar-refractivity contribution in [1.29, 1.82) is 0 Å². The van der Waals surface area contributed by atoms with Crippen LogP contribution in [0.3, 0.4) is 0 Å². The van der Waals surface area contributed by atoms with Gasteiger partial charge in [-0.3, -0.25) is 4.79 Å². The average Bonchev–Trinajstić information content (AvgIpc) is 3.04. The minimum absolute atomic E-state index is 0.0964. The van der Waals surface area contributed by atoms with Crippen molar-refractivity contribution in [3.63, 3.8) is 0 Å². The Bertz CT molecular complexity index is 1250. The van der Waals surface area contributed by atoms with Crippen molar-refractivity contribution >= 4 is 11.6 Å². The van der Waals surface area contributed by atoms with Gasteiger partial charge in [0.15, 0.2) is 0 Å². The Kier molecular flexibility index (Phi) is 12.0. The van der Waals surface area contributed by atoms with Crippen LogP contribution < -0.4 is 16.0 Å². The van der Waals surface area contributed by atoms with E-state index in [1.165, 1.54) is 22.3 Å². The fourth-order valence-electron chi connectivity index (χ4n) is 5.11. The van der Waals surface area contributed by atoms with Gasteiger partial charge in [0.2, 0.25) is 0 Å². The number of nitrogens with zero attached hydrogens (tertiary/aromatic N) is 1. The van der Waals surface area contributed by atoms with E-state index in [1.807, 2.05) is 30.9 Å². The predicted molar refractivity (Wildman–Crippen MR) is 172 cm³/mol. The van der Waals surface area contributed by atoms with Crippen LogP contribution in [0.15, 0.2) is 109 Å². The zero-order valence-electron chi connectivity index (χ0n) is 24.5. The molecule has 0 spiro atoms. The van der Waals surface area contributed by atoms with Crippen molar-refractivity contribution in [2.24, 2.45) is 0 Å². The van der Waals surface area contributed by atoms with E-state index < -0.39 is 0 Å². The minimum atomic E-state index is 0.0964. The van der Waals surface area contributed by atoms with Gasteiger partial charge < -0.3 is 20.9 Å². The largest absolute Gasteiger partial charge is 0.384 e. The zero-order valence-corrected chi connectivity index (χ0v) is 24.5. The summed E-state index contributed by atoms with van der Waals surface area (Å²) in [5.74, 6) is 0.371. The summed E-state index contributed by atoms with van der Waals surface area (Å²) in [6.07, 6.45) is 0.829. The Balaban J connectivity index is 0.000000572. The molecule has 41 heavy (non-hydrogen) atoms. The van der Waals surface area contributed by atoms with E-state index in [9.17, 15) is 4.79 Å². The Labute approximate surface area is 246 Å². The lowest BCUT2D eigenvalue weighted by Crippen LogP contribution is -2.39. The van der Waals surface area contributed by atoms with Gasteiger partial charge in [0.1, 0.15) is 0 Å². The van der Waals surface area contributed by atoms with Crippen molar-refractivity contribution in [2.75, 3.05) is 51.1 Å². The second-order valence-electron chi connectivity index (χ2n) is 10.3. The molecule has 5 rings (SSSR count). The first-order chi connectivity index (χ1) is 20.2. The summed E-state index contributed by atoms with van der Waals surface area (Å²) < 4.78 is 0. The fourth-order valence-corrected chi connectivity index (χ4v) is 5.11. The van der Waals surface area contributed by atoms with E-state index in [-0.39, 0.29) is 11.8 Å². The summed E-state index contributed by atoms with van der Waals surface area (Å²) in [4.78, 5) is 14.4. The molecule has 1 saturated heterocycles. The quantitative estimate of drug-likeness (QED) is 0.221. The number of piperazine rings is 1. The molecule has 0 atom stereocenters. The molecule has 5 heteroatoms. The maximum Gasteiger partial charge on any atom is 0.253 e. The van der Waals surface area contributed by atoms with E-state index >= 15 is 0 Å². The van der Waals surface area contributed by atoms with E-state index in [0.29, 0.717) is 0 Å². The minimum Gasteiger partial charge on any atom is -0.384 e. The smallest absolute Gasteiger partial charge is 0.253 e. The third kappa shape index (κ3) is 9.31. The number of carbonyl (C=O) groups excluding carboxylic acids is 1. The molecule has 214 valence electrons. The highest BCUT2D eigenvalue weighted by atomic mass is 16.2. The van der Waals surface area contributed by atoms with Gasteiger partial charge in [0.25, 0.3) is 5.91 Å². The van der Waals surface area contributed by atoms with Gasteiger partial charge in [-0.2, -0.15) is 0 Å². The first-order valence-corrected chi connectivity index (χ1v) is 14.9. The van der Waals surface area contributed by atoms with Crippen molar-refractivity contribution in [1.82, 2.24) is 15.5 Å². The van der Waals surface area contributed by atoms with Crippen LogP contribution >= 0.6 is 0 Å². The molecule has 0 radical (unpaired) electrons. The molecular weight excluding hydrogens is 504 g/mol. The Morgan fingerprint density at radius 1 is 0.707 bits per heavy atom. The molecular formula is C36H44N4O. The number of nitrogens with one attached hydrogen (secondary N) is 3. The summed E-state index contributed by atoms with van der Waals surface area (Å²) in [5, 5.41) is 10.1. The molecule has 5 nitrogen and oxygen atoms in total. The lowest BCUT2D eigenvalue weighted by Gasteiger charge is -2.20. The summed E-state index contributed by atoms with van der Waals surface area (Å²) in [5.41, 5.74) is 6.93. The second-order valence-corrected chi connectivity index (χ2v) is 10.3. The lowest BCUT2D eigenvalue weighted by atomic mass is 9.91. The zero-order chi connectivity index (χ0) is 28.7. The number of amides is 1. The molecule has 3 N–H and O–H groups in total. The first-order valence-electron chi connectivity index (χ1n) is 14.9. The highest BCUT2D eigenvalue weighted by Gasteiger charge is 2.14. The number of benzene rings is 4. The van der Waals surface area contributed by atoms with Crippen LogP contribution in [0.1, 0.15) is 52.4 Å². The van der Waals surface area contributed by atoms with Crippen LogP contribution in [0.5, 0.6) is 0 Å². The number of hydrogen-bond donors (Lipinski definition) is 3. The Hall–Kier alpha value is -3.93. The lowest BCUT2D eigenvalue weighted by molar-refractivity contribution is 0.0773. The first kappa shape index (κ1) is 30.0. The molecule has 0 aliphatic carbocycles. The fraction of sp³-hybridized carbons (Fsp3) is 0.306. The summed E-state index contributed by atoms with van der Waals surface area (Å²) in [6, 6.07) is 38.0. The van der Waals surface area contributed by atoms with Gasteiger partial charge in [-0.1, -0.05) is 84.9 Å². The summed E-state index contributed by atoms with van der Waals surface area (Å²) in [7, 11) is 0. The number of anilines is 1. The normalized spacial score (nSPS) is 12.8. The third-order valence-corrected chi connectivity index (χ3v) is 7.46. The molecule has 4 aromatic rings. The number of rotatable bonds is 10. The predicted octanol–water partition coefficient (Wildman–Crippen LogP) is 6.18. The maximum atomic E-state index is 12.6.